The second-order valence-electron chi connectivity index (χ2n) is 3.79. The van der Waals surface area contributed by atoms with Crippen LogP contribution in [0.5, 0.6) is 0 Å². The molecule has 1 aromatic rings. The van der Waals surface area contributed by atoms with Gasteiger partial charge in [0, 0.05) is 19.3 Å². The number of aromatic nitrogens is 1. The Morgan fingerprint density at radius 2 is 1.60 bits per heavy atom. The normalized spacial score (nSPS) is 13.4. The molecule has 0 aliphatic heterocycles. The van der Waals surface area contributed by atoms with Crippen LogP contribution in [0, 0.1) is 0 Å². The Balaban J connectivity index is 2.68. The second kappa shape index (κ2) is 7.50. The number of esters is 2. The number of carbonyl (C=O) groups is 2. The third-order valence-corrected chi connectivity index (χ3v) is 2.19. The SMILES string of the molecule is NCC(N)OC(=O)c1ccc(C(=O)OC(N)CN)nc1. The Kier molecular flexibility index (Phi) is 6.00. The lowest BCUT2D eigenvalue weighted by Gasteiger charge is -2.11. The van der Waals surface area contributed by atoms with Gasteiger partial charge in [-0.3, -0.25) is 11.5 Å². The highest BCUT2D eigenvalue weighted by Crippen LogP contribution is 2.05. The number of nitrogens with zero attached hydrogens (tertiary/aromatic N) is 1. The van der Waals surface area contributed by atoms with Crippen molar-refractivity contribution in [1.82, 2.24) is 4.98 Å². The molecule has 110 valence electrons. The van der Waals surface area contributed by atoms with Crippen molar-refractivity contribution in [2.24, 2.45) is 22.9 Å². The Hall–Kier alpha value is -2.07. The minimum atomic E-state index is -0.906. The summed E-state index contributed by atoms with van der Waals surface area (Å²) in [5, 5.41) is 0. The van der Waals surface area contributed by atoms with E-state index >= 15 is 0 Å². The van der Waals surface area contributed by atoms with Crippen molar-refractivity contribution < 1.29 is 19.1 Å². The van der Waals surface area contributed by atoms with Gasteiger partial charge in [-0.2, -0.15) is 0 Å². The Labute approximate surface area is 115 Å². The number of rotatable bonds is 6. The molecule has 0 fully saturated rings. The predicted octanol–water partition coefficient (Wildman–Crippen LogP) is -2.12. The van der Waals surface area contributed by atoms with Crippen LogP contribution >= 0.6 is 0 Å². The van der Waals surface area contributed by atoms with Crippen LogP contribution < -0.4 is 22.9 Å². The van der Waals surface area contributed by atoms with Gasteiger partial charge in [0.25, 0.3) is 0 Å². The molecular formula is C11H17N5O4. The first-order valence-electron chi connectivity index (χ1n) is 5.77. The van der Waals surface area contributed by atoms with E-state index in [1.807, 2.05) is 0 Å². The Morgan fingerprint density at radius 3 is 2.05 bits per heavy atom. The molecule has 9 heteroatoms. The molecule has 0 aliphatic rings. The molecule has 1 rings (SSSR count). The highest BCUT2D eigenvalue weighted by atomic mass is 16.6. The first-order chi connectivity index (χ1) is 9.47. The Morgan fingerprint density at radius 1 is 1.05 bits per heavy atom. The number of pyridine rings is 1. The van der Waals surface area contributed by atoms with Crippen molar-refractivity contribution in [2.75, 3.05) is 13.1 Å². The van der Waals surface area contributed by atoms with Crippen molar-refractivity contribution in [3.8, 4) is 0 Å². The summed E-state index contributed by atoms with van der Waals surface area (Å²) in [6.45, 7) is -0.00627. The molecule has 20 heavy (non-hydrogen) atoms. The van der Waals surface area contributed by atoms with Crippen molar-refractivity contribution in [3.63, 3.8) is 0 Å². The molecule has 0 spiro atoms. The second-order valence-corrected chi connectivity index (χ2v) is 3.79. The molecule has 1 aromatic heterocycles. The quantitative estimate of drug-likeness (QED) is 0.336. The van der Waals surface area contributed by atoms with Crippen molar-refractivity contribution >= 4 is 11.9 Å². The fourth-order valence-electron chi connectivity index (χ4n) is 1.13. The van der Waals surface area contributed by atoms with E-state index in [0.29, 0.717) is 0 Å². The van der Waals surface area contributed by atoms with Crippen LogP contribution in [0.25, 0.3) is 0 Å². The zero-order valence-electron chi connectivity index (χ0n) is 10.7. The maximum atomic E-state index is 11.6. The van der Waals surface area contributed by atoms with Crippen molar-refractivity contribution in [1.29, 1.82) is 0 Å². The maximum absolute atomic E-state index is 11.6. The lowest BCUT2D eigenvalue weighted by molar-refractivity contribution is 0.0313. The fraction of sp³-hybridized carbons (Fsp3) is 0.364. The summed E-state index contributed by atoms with van der Waals surface area (Å²) in [5.41, 5.74) is 21.3. The molecule has 2 atom stereocenters. The summed E-state index contributed by atoms with van der Waals surface area (Å²) in [4.78, 5) is 26.9. The number of hydrogen-bond acceptors (Lipinski definition) is 9. The average molecular weight is 283 g/mol. The van der Waals surface area contributed by atoms with Crippen molar-refractivity contribution in [2.45, 2.75) is 12.5 Å². The minimum absolute atomic E-state index is 0.000551. The smallest absolute Gasteiger partial charge is 0.358 e. The largest absolute Gasteiger partial charge is 0.442 e. The van der Waals surface area contributed by atoms with Gasteiger partial charge in [-0.15, -0.1) is 0 Å². The van der Waals surface area contributed by atoms with E-state index in [1.165, 1.54) is 12.1 Å². The summed E-state index contributed by atoms with van der Waals surface area (Å²) >= 11 is 0. The summed E-state index contributed by atoms with van der Waals surface area (Å²) in [6.07, 6.45) is -0.637. The summed E-state index contributed by atoms with van der Waals surface area (Å²) in [7, 11) is 0. The fourth-order valence-corrected chi connectivity index (χ4v) is 1.13. The molecule has 0 amide bonds. The van der Waals surface area contributed by atoms with Crippen LogP contribution in [0.15, 0.2) is 18.3 Å². The highest BCUT2D eigenvalue weighted by Gasteiger charge is 2.15. The number of hydrogen-bond donors (Lipinski definition) is 4. The summed E-state index contributed by atoms with van der Waals surface area (Å²) in [5.74, 6) is -1.42. The van der Waals surface area contributed by atoms with Gasteiger partial charge in [-0.1, -0.05) is 0 Å². The zero-order chi connectivity index (χ0) is 15.1. The lowest BCUT2D eigenvalue weighted by Crippen LogP contribution is -2.35. The van der Waals surface area contributed by atoms with E-state index in [-0.39, 0.29) is 24.3 Å². The standard InChI is InChI=1S/C11H17N5O4/c12-3-8(14)19-10(17)6-1-2-7(16-5-6)11(18)20-9(15)4-13/h1-2,5,8-9H,3-4,12-15H2. The van der Waals surface area contributed by atoms with Crippen LogP contribution in [0.1, 0.15) is 20.8 Å². The zero-order valence-corrected chi connectivity index (χ0v) is 10.7. The molecule has 8 N–H and O–H groups in total. The van der Waals surface area contributed by atoms with E-state index in [9.17, 15) is 9.59 Å². The maximum Gasteiger partial charge on any atom is 0.358 e. The third kappa shape index (κ3) is 4.55. The van der Waals surface area contributed by atoms with E-state index in [0.717, 1.165) is 6.20 Å². The molecule has 2 unspecified atom stereocenters. The van der Waals surface area contributed by atoms with Gasteiger partial charge >= 0.3 is 11.9 Å². The predicted molar refractivity (Wildman–Crippen MR) is 69.1 cm³/mol. The number of carbonyl (C=O) groups excluding carboxylic acids is 2. The van der Waals surface area contributed by atoms with Crippen LogP contribution in [-0.2, 0) is 9.47 Å². The molecular weight excluding hydrogens is 266 g/mol. The molecule has 0 aromatic carbocycles. The third-order valence-electron chi connectivity index (χ3n) is 2.19. The molecule has 0 bridgehead atoms. The molecule has 9 nitrogen and oxygen atoms in total. The number of nitrogens with two attached hydrogens (primary N) is 4. The summed E-state index contributed by atoms with van der Waals surface area (Å²) in [6, 6.07) is 2.65. The van der Waals surface area contributed by atoms with E-state index < -0.39 is 24.4 Å². The average Bonchev–Trinajstić information content (AvgIpc) is 2.46. The molecule has 1 heterocycles. The van der Waals surface area contributed by atoms with E-state index in [4.69, 9.17) is 32.4 Å². The van der Waals surface area contributed by atoms with Gasteiger partial charge in [0.1, 0.15) is 5.69 Å². The van der Waals surface area contributed by atoms with Gasteiger partial charge in [-0.25, -0.2) is 14.6 Å². The van der Waals surface area contributed by atoms with Crippen molar-refractivity contribution in [3.05, 3.63) is 29.6 Å². The first kappa shape index (κ1) is 16.0. The highest BCUT2D eigenvalue weighted by molar-refractivity contribution is 5.91. The van der Waals surface area contributed by atoms with Gasteiger partial charge < -0.3 is 20.9 Å². The molecule has 0 saturated carbocycles. The minimum Gasteiger partial charge on any atom is -0.442 e. The molecule has 0 saturated heterocycles. The number of ether oxygens (including phenoxy) is 2. The van der Waals surface area contributed by atoms with Crippen LogP contribution in [0.3, 0.4) is 0 Å². The molecule has 0 aliphatic carbocycles. The first-order valence-corrected chi connectivity index (χ1v) is 5.77. The van der Waals surface area contributed by atoms with Gasteiger partial charge in [0.15, 0.2) is 12.5 Å². The summed E-state index contributed by atoms with van der Waals surface area (Å²) < 4.78 is 9.56. The van der Waals surface area contributed by atoms with Gasteiger partial charge in [-0.05, 0) is 12.1 Å². The van der Waals surface area contributed by atoms with Crippen LogP contribution in [-0.4, -0.2) is 42.5 Å². The topological polar surface area (TPSA) is 170 Å². The van der Waals surface area contributed by atoms with Crippen LogP contribution in [0.2, 0.25) is 0 Å². The van der Waals surface area contributed by atoms with Gasteiger partial charge in [0.05, 0.1) is 5.56 Å². The van der Waals surface area contributed by atoms with Crippen LogP contribution in [0.4, 0.5) is 0 Å². The van der Waals surface area contributed by atoms with Gasteiger partial charge in [0.2, 0.25) is 0 Å². The van der Waals surface area contributed by atoms with E-state index in [2.05, 4.69) is 4.98 Å². The Bertz CT molecular complexity index is 421. The molecule has 0 radical (unpaired) electrons. The monoisotopic (exact) mass is 283 g/mol. The van der Waals surface area contributed by atoms with E-state index in [1.54, 1.807) is 0 Å². The lowest BCUT2D eigenvalue weighted by atomic mass is 10.2.